The van der Waals surface area contributed by atoms with Gasteiger partial charge in [0, 0.05) is 37.7 Å². The van der Waals surface area contributed by atoms with Crippen LogP contribution in [0.25, 0.3) is 12.2 Å². The van der Waals surface area contributed by atoms with Crippen molar-refractivity contribution in [3.05, 3.63) is 86.9 Å². The molecule has 0 aliphatic rings. The SMILES string of the molecule is CCc1c(C)[nH]c(=O)c(N(C)C)c1C(=O)c1cccc(/C=C\c2cnccn2)c1. The van der Waals surface area contributed by atoms with E-state index in [9.17, 15) is 9.59 Å². The fraction of sp³-hybridized carbons (Fsp3) is 0.217. The number of aromatic nitrogens is 3. The van der Waals surface area contributed by atoms with Gasteiger partial charge in [0.2, 0.25) is 0 Å². The molecule has 0 atom stereocenters. The van der Waals surface area contributed by atoms with Gasteiger partial charge in [-0.05, 0) is 36.6 Å². The smallest absolute Gasteiger partial charge is 0.272 e. The molecule has 0 aliphatic heterocycles. The van der Waals surface area contributed by atoms with Gasteiger partial charge in [-0.25, -0.2) is 0 Å². The fourth-order valence-corrected chi connectivity index (χ4v) is 3.37. The lowest BCUT2D eigenvalue weighted by atomic mass is 9.93. The lowest BCUT2D eigenvalue weighted by Gasteiger charge is -2.20. The van der Waals surface area contributed by atoms with Crippen molar-refractivity contribution < 1.29 is 4.79 Å². The first kappa shape index (κ1) is 20.2. The number of nitrogens with one attached hydrogen (secondary N) is 1. The van der Waals surface area contributed by atoms with Crippen LogP contribution < -0.4 is 10.5 Å². The Labute approximate surface area is 170 Å². The number of ketones is 1. The maximum atomic E-state index is 13.5. The van der Waals surface area contributed by atoms with Gasteiger partial charge in [0.1, 0.15) is 5.69 Å². The summed E-state index contributed by atoms with van der Waals surface area (Å²) < 4.78 is 0. The molecule has 148 valence electrons. The number of aryl methyl sites for hydroxylation is 1. The molecule has 1 N–H and O–H groups in total. The fourth-order valence-electron chi connectivity index (χ4n) is 3.37. The average Bonchev–Trinajstić information content (AvgIpc) is 2.72. The van der Waals surface area contributed by atoms with Gasteiger partial charge in [-0.2, -0.15) is 0 Å². The van der Waals surface area contributed by atoms with Crippen LogP contribution in [0.1, 0.15) is 45.4 Å². The number of anilines is 1. The highest BCUT2D eigenvalue weighted by Crippen LogP contribution is 2.25. The average molecular weight is 388 g/mol. The molecule has 1 aromatic carbocycles. The predicted molar refractivity (Wildman–Crippen MR) is 116 cm³/mol. The Morgan fingerprint density at radius 1 is 1.21 bits per heavy atom. The maximum absolute atomic E-state index is 13.5. The Kier molecular flexibility index (Phi) is 6.02. The third kappa shape index (κ3) is 4.32. The van der Waals surface area contributed by atoms with Gasteiger partial charge in [0.15, 0.2) is 5.78 Å². The Bertz CT molecular complexity index is 1120. The van der Waals surface area contributed by atoms with Crippen molar-refractivity contribution in [3.8, 4) is 0 Å². The minimum atomic E-state index is -0.258. The second-order valence-corrected chi connectivity index (χ2v) is 6.95. The number of hydrogen-bond donors (Lipinski definition) is 1. The number of benzene rings is 1. The van der Waals surface area contributed by atoms with E-state index >= 15 is 0 Å². The van der Waals surface area contributed by atoms with Crippen LogP contribution in [0, 0.1) is 6.92 Å². The predicted octanol–water partition coefficient (Wildman–Crippen LogP) is 3.50. The third-order valence-corrected chi connectivity index (χ3v) is 4.71. The molecule has 0 saturated carbocycles. The summed E-state index contributed by atoms with van der Waals surface area (Å²) in [6, 6.07) is 7.35. The highest BCUT2D eigenvalue weighted by atomic mass is 16.1. The monoisotopic (exact) mass is 388 g/mol. The summed E-state index contributed by atoms with van der Waals surface area (Å²) in [5, 5.41) is 0. The van der Waals surface area contributed by atoms with Crippen molar-refractivity contribution in [2.75, 3.05) is 19.0 Å². The Hall–Kier alpha value is -3.54. The molecule has 6 nitrogen and oxygen atoms in total. The van der Waals surface area contributed by atoms with Gasteiger partial charge >= 0.3 is 0 Å². The summed E-state index contributed by atoms with van der Waals surface area (Å²) in [5.74, 6) is -0.158. The van der Waals surface area contributed by atoms with Gasteiger partial charge in [0.25, 0.3) is 5.56 Å². The van der Waals surface area contributed by atoms with E-state index in [2.05, 4.69) is 15.0 Å². The van der Waals surface area contributed by atoms with Gasteiger partial charge in [-0.15, -0.1) is 0 Å². The summed E-state index contributed by atoms with van der Waals surface area (Å²) in [6.07, 6.45) is 9.30. The van der Waals surface area contributed by atoms with Gasteiger partial charge in [-0.1, -0.05) is 31.2 Å². The van der Waals surface area contributed by atoms with Crippen LogP contribution >= 0.6 is 0 Å². The summed E-state index contributed by atoms with van der Waals surface area (Å²) in [7, 11) is 3.55. The molecule has 6 heteroatoms. The topological polar surface area (TPSA) is 79.0 Å². The molecule has 0 radical (unpaired) electrons. The molecule has 0 bridgehead atoms. The molecule has 2 aromatic heterocycles. The van der Waals surface area contributed by atoms with Crippen molar-refractivity contribution in [2.45, 2.75) is 20.3 Å². The van der Waals surface area contributed by atoms with E-state index in [1.807, 2.05) is 44.2 Å². The second-order valence-electron chi connectivity index (χ2n) is 6.95. The van der Waals surface area contributed by atoms with Gasteiger partial charge in [-0.3, -0.25) is 19.6 Å². The van der Waals surface area contributed by atoms with Crippen molar-refractivity contribution in [3.63, 3.8) is 0 Å². The zero-order valence-electron chi connectivity index (χ0n) is 17.1. The molecule has 0 saturated heterocycles. The van der Waals surface area contributed by atoms with E-state index in [0.717, 1.165) is 22.5 Å². The van der Waals surface area contributed by atoms with Crippen LogP contribution in [0.4, 0.5) is 5.69 Å². The van der Waals surface area contributed by atoms with E-state index in [1.165, 1.54) is 0 Å². The largest absolute Gasteiger partial charge is 0.373 e. The quantitative estimate of drug-likeness (QED) is 0.654. The third-order valence-electron chi connectivity index (χ3n) is 4.71. The second kappa shape index (κ2) is 8.65. The molecule has 29 heavy (non-hydrogen) atoms. The lowest BCUT2D eigenvalue weighted by molar-refractivity contribution is 0.103. The van der Waals surface area contributed by atoms with Crippen LogP contribution in [0.2, 0.25) is 0 Å². The van der Waals surface area contributed by atoms with E-state index in [0.29, 0.717) is 23.2 Å². The number of pyridine rings is 1. The van der Waals surface area contributed by atoms with E-state index < -0.39 is 0 Å². The number of hydrogen-bond acceptors (Lipinski definition) is 5. The van der Waals surface area contributed by atoms with Crippen molar-refractivity contribution in [2.24, 2.45) is 0 Å². The summed E-state index contributed by atoms with van der Waals surface area (Å²) in [5.41, 5.74) is 4.32. The molecule has 0 aliphatic carbocycles. The summed E-state index contributed by atoms with van der Waals surface area (Å²) in [4.78, 5) is 38.8. The molecule has 2 heterocycles. The first-order chi connectivity index (χ1) is 13.9. The molecule has 0 fully saturated rings. The van der Waals surface area contributed by atoms with Gasteiger partial charge < -0.3 is 9.88 Å². The summed E-state index contributed by atoms with van der Waals surface area (Å²) in [6.45, 7) is 3.81. The standard InChI is InChI=1S/C23H24N4O2/c1-5-19-15(2)26-23(29)21(27(3)4)20(19)22(28)17-8-6-7-16(13-17)9-10-18-14-24-11-12-25-18/h6-14H,5H2,1-4H3,(H,26,29)/b10-9-. The van der Waals surface area contributed by atoms with Crippen LogP contribution in [-0.2, 0) is 6.42 Å². The molecule has 0 amide bonds. The molecule has 0 spiro atoms. The minimum Gasteiger partial charge on any atom is -0.373 e. The van der Waals surface area contributed by atoms with E-state index in [4.69, 9.17) is 0 Å². The van der Waals surface area contributed by atoms with Crippen LogP contribution in [0.3, 0.4) is 0 Å². The highest BCUT2D eigenvalue weighted by Gasteiger charge is 2.23. The van der Waals surface area contributed by atoms with E-state index in [-0.39, 0.29) is 11.3 Å². The molecule has 3 aromatic rings. The van der Waals surface area contributed by atoms with Crippen LogP contribution in [0.5, 0.6) is 0 Å². The molecule has 3 rings (SSSR count). The van der Waals surface area contributed by atoms with Crippen molar-refractivity contribution in [1.29, 1.82) is 0 Å². The Morgan fingerprint density at radius 3 is 2.66 bits per heavy atom. The zero-order valence-corrected chi connectivity index (χ0v) is 17.1. The van der Waals surface area contributed by atoms with Crippen LogP contribution in [-0.4, -0.2) is 34.8 Å². The maximum Gasteiger partial charge on any atom is 0.272 e. The molecular formula is C23H24N4O2. The molecule has 0 unspecified atom stereocenters. The van der Waals surface area contributed by atoms with Gasteiger partial charge in [0.05, 0.1) is 17.5 Å². The first-order valence-electron chi connectivity index (χ1n) is 9.44. The number of aromatic amines is 1. The first-order valence-corrected chi connectivity index (χ1v) is 9.44. The van der Waals surface area contributed by atoms with Crippen molar-refractivity contribution >= 4 is 23.6 Å². The van der Waals surface area contributed by atoms with E-state index in [1.54, 1.807) is 43.7 Å². The zero-order chi connectivity index (χ0) is 21.0. The normalized spacial score (nSPS) is 11.0. The minimum absolute atomic E-state index is 0.158. The van der Waals surface area contributed by atoms with Crippen molar-refractivity contribution in [1.82, 2.24) is 15.0 Å². The summed E-state index contributed by atoms with van der Waals surface area (Å²) >= 11 is 0. The highest BCUT2D eigenvalue weighted by molar-refractivity contribution is 6.13. The Balaban J connectivity index is 2.06. The number of H-pyrrole nitrogens is 1. The van der Waals surface area contributed by atoms with Crippen LogP contribution in [0.15, 0.2) is 47.7 Å². The number of nitrogens with zero attached hydrogens (tertiary/aromatic N) is 3. The lowest BCUT2D eigenvalue weighted by Crippen LogP contribution is -2.27. The molecular weight excluding hydrogens is 364 g/mol. The Morgan fingerprint density at radius 2 is 2.00 bits per heavy atom. The number of carbonyl (C=O) groups excluding carboxylic acids is 1. The number of rotatable bonds is 6. The number of carbonyl (C=O) groups is 1.